The van der Waals surface area contributed by atoms with Crippen molar-refractivity contribution >= 4 is 8.37 Å². The van der Waals surface area contributed by atoms with Crippen LogP contribution >= 0.6 is 8.37 Å². The van der Waals surface area contributed by atoms with E-state index in [1.807, 2.05) is 0 Å². The van der Waals surface area contributed by atoms with Crippen LogP contribution in [0.5, 0.6) is 0 Å². The zero-order valence-corrected chi connectivity index (χ0v) is 17.6. The maximum absolute atomic E-state index is 6.00. The highest BCUT2D eigenvalue weighted by atomic mass is 31.2. The van der Waals surface area contributed by atoms with Gasteiger partial charge in [0.25, 0.3) is 0 Å². The van der Waals surface area contributed by atoms with Gasteiger partial charge in [0.05, 0.1) is 0 Å². The van der Waals surface area contributed by atoms with Crippen molar-refractivity contribution in [2.45, 2.75) is 78.6 Å². The molecular weight excluding hydrogens is 315 g/mol. The molecule has 4 nitrogen and oxygen atoms in total. The monoisotopic (exact) mass is 358 g/mol. The molecule has 0 atom stereocenters. The Morgan fingerprint density at radius 3 is 1.79 bits per heavy atom. The molecule has 0 aromatic carbocycles. The van der Waals surface area contributed by atoms with Crippen molar-refractivity contribution in [2.24, 2.45) is 5.73 Å². The third-order valence-corrected chi connectivity index (χ3v) is 7.51. The molecule has 0 unspecified atom stereocenters. The Hall–Kier alpha value is 0.270. The van der Waals surface area contributed by atoms with Gasteiger partial charge < -0.3 is 5.73 Å². The van der Waals surface area contributed by atoms with Crippen LogP contribution in [-0.2, 0) is 0 Å². The summed E-state index contributed by atoms with van der Waals surface area (Å²) in [5, 5.41) is 0. The number of nitrogens with two attached hydrogens (primary N) is 1. The van der Waals surface area contributed by atoms with Gasteiger partial charge in [0.15, 0.2) is 0 Å². The van der Waals surface area contributed by atoms with Gasteiger partial charge in [0.1, 0.15) is 8.37 Å². The van der Waals surface area contributed by atoms with Crippen molar-refractivity contribution in [3.8, 4) is 0 Å². The first-order chi connectivity index (χ1) is 11.8. The summed E-state index contributed by atoms with van der Waals surface area (Å²) < 4.78 is 8.41. The van der Waals surface area contributed by atoms with Crippen LogP contribution in [0.25, 0.3) is 0 Å². The summed E-state index contributed by atoms with van der Waals surface area (Å²) in [6, 6.07) is 0. The molecule has 144 valence electrons. The van der Waals surface area contributed by atoms with Crippen molar-refractivity contribution in [3.05, 3.63) is 0 Å². The zero-order chi connectivity index (χ0) is 17.6. The molecule has 0 aromatic rings. The topological polar surface area (TPSA) is 35.7 Å². The first-order valence-corrected chi connectivity index (χ1v) is 11.7. The highest BCUT2D eigenvalue weighted by Gasteiger charge is 2.31. The van der Waals surface area contributed by atoms with Crippen LogP contribution in [0.4, 0.5) is 0 Å². The molecule has 1 aliphatic rings. The molecule has 24 heavy (non-hydrogen) atoms. The van der Waals surface area contributed by atoms with E-state index in [1.165, 1.54) is 90.5 Å². The highest BCUT2D eigenvalue weighted by Crippen LogP contribution is 2.49. The molecule has 0 aliphatic carbocycles. The quantitative estimate of drug-likeness (QED) is 0.515. The summed E-state index contributed by atoms with van der Waals surface area (Å²) in [6.07, 6.45) is 11.9. The number of rotatable bonds is 12. The Morgan fingerprint density at radius 2 is 1.33 bits per heavy atom. The summed E-state index contributed by atoms with van der Waals surface area (Å²) in [6.45, 7) is 15.1. The van der Waals surface area contributed by atoms with Crippen LogP contribution in [0.15, 0.2) is 0 Å². The van der Waals surface area contributed by atoms with E-state index in [4.69, 9.17) is 5.73 Å². The van der Waals surface area contributed by atoms with Crippen LogP contribution < -0.4 is 5.73 Å². The molecule has 1 aliphatic heterocycles. The Kier molecular flexibility index (Phi) is 13.4. The molecule has 1 fully saturated rings. The standard InChI is InChI=1S/C19H43N4P/c1-4-7-14-21-17-11-10-12-18-22(15-8-5-2)24(21)23(19-13-20)16-9-6-3/h4-20H2,1-3H3. The van der Waals surface area contributed by atoms with Gasteiger partial charge in [-0.2, -0.15) is 0 Å². The molecule has 2 N–H and O–H groups in total. The van der Waals surface area contributed by atoms with Crippen molar-refractivity contribution in [1.82, 2.24) is 14.0 Å². The Balaban J connectivity index is 2.94. The first kappa shape index (κ1) is 22.3. The molecule has 0 spiro atoms. The highest BCUT2D eigenvalue weighted by molar-refractivity contribution is 7.50. The van der Waals surface area contributed by atoms with E-state index in [-0.39, 0.29) is 8.37 Å². The molecule has 0 aromatic heterocycles. The van der Waals surface area contributed by atoms with Crippen LogP contribution in [0.2, 0.25) is 0 Å². The van der Waals surface area contributed by atoms with Gasteiger partial charge in [0.2, 0.25) is 0 Å². The fourth-order valence-electron chi connectivity index (χ4n) is 3.35. The van der Waals surface area contributed by atoms with Crippen LogP contribution in [-0.4, -0.2) is 59.8 Å². The van der Waals surface area contributed by atoms with E-state index in [0.717, 1.165) is 13.1 Å². The van der Waals surface area contributed by atoms with Gasteiger partial charge in [-0.15, -0.1) is 0 Å². The SMILES string of the molecule is CCCCN(CCN)P1N(CCCC)CCCCCN1CCCC. The van der Waals surface area contributed by atoms with E-state index in [0.29, 0.717) is 0 Å². The lowest BCUT2D eigenvalue weighted by molar-refractivity contribution is 0.287. The minimum Gasteiger partial charge on any atom is -0.329 e. The number of hydrogen-bond acceptors (Lipinski definition) is 4. The number of hydrogen-bond donors (Lipinski definition) is 1. The molecule has 1 heterocycles. The molecule has 0 radical (unpaired) electrons. The number of nitrogens with zero attached hydrogens (tertiary/aromatic N) is 3. The second-order valence-corrected chi connectivity index (χ2v) is 9.27. The lowest BCUT2D eigenvalue weighted by Crippen LogP contribution is -2.42. The van der Waals surface area contributed by atoms with Crippen LogP contribution in [0, 0.1) is 0 Å². The molecule has 5 heteroatoms. The lowest BCUT2D eigenvalue weighted by Gasteiger charge is -2.46. The third kappa shape index (κ3) is 8.10. The third-order valence-electron chi connectivity index (χ3n) is 4.79. The van der Waals surface area contributed by atoms with Gasteiger partial charge >= 0.3 is 0 Å². The van der Waals surface area contributed by atoms with E-state index in [1.54, 1.807) is 0 Å². The lowest BCUT2D eigenvalue weighted by atomic mass is 10.2. The minimum atomic E-state index is -0.326. The maximum Gasteiger partial charge on any atom is 0.120 e. The summed E-state index contributed by atoms with van der Waals surface area (Å²) in [5.74, 6) is 0. The van der Waals surface area contributed by atoms with Crippen LogP contribution in [0.3, 0.4) is 0 Å². The Bertz CT molecular complexity index is 254. The molecule has 1 rings (SSSR count). The minimum absolute atomic E-state index is 0.326. The van der Waals surface area contributed by atoms with Gasteiger partial charge in [-0.05, 0) is 32.1 Å². The molecule has 1 saturated heterocycles. The molecule has 0 saturated carbocycles. The molecule has 0 amide bonds. The molecule has 0 bridgehead atoms. The predicted octanol–water partition coefficient (Wildman–Crippen LogP) is 4.66. The van der Waals surface area contributed by atoms with Gasteiger partial charge in [-0.25, -0.2) is 0 Å². The van der Waals surface area contributed by atoms with E-state index in [2.05, 4.69) is 34.8 Å². The second kappa shape index (κ2) is 14.4. The first-order valence-electron chi connectivity index (χ1n) is 10.5. The van der Waals surface area contributed by atoms with Gasteiger partial charge in [-0.3, -0.25) is 14.0 Å². The van der Waals surface area contributed by atoms with Crippen molar-refractivity contribution in [2.75, 3.05) is 45.8 Å². The van der Waals surface area contributed by atoms with Gasteiger partial charge in [-0.1, -0.05) is 46.5 Å². The van der Waals surface area contributed by atoms with E-state index in [9.17, 15) is 0 Å². The largest absolute Gasteiger partial charge is 0.329 e. The Morgan fingerprint density at radius 1 is 0.792 bits per heavy atom. The fraction of sp³-hybridized carbons (Fsp3) is 1.00. The summed E-state index contributed by atoms with van der Waals surface area (Å²) >= 11 is 0. The van der Waals surface area contributed by atoms with E-state index < -0.39 is 0 Å². The normalized spacial score (nSPS) is 18.9. The van der Waals surface area contributed by atoms with Crippen molar-refractivity contribution in [1.29, 1.82) is 0 Å². The maximum atomic E-state index is 6.00. The number of unbranched alkanes of at least 4 members (excludes halogenated alkanes) is 3. The fourth-order valence-corrected chi connectivity index (χ4v) is 6.31. The second-order valence-electron chi connectivity index (χ2n) is 7.04. The predicted molar refractivity (Wildman–Crippen MR) is 109 cm³/mol. The van der Waals surface area contributed by atoms with Crippen molar-refractivity contribution < 1.29 is 0 Å². The van der Waals surface area contributed by atoms with Gasteiger partial charge in [0, 0.05) is 45.8 Å². The average molecular weight is 359 g/mol. The van der Waals surface area contributed by atoms with E-state index >= 15 is 0 Å². The summed E-state index contributed by atoms with van der Waals surface area (Å²) in [4.78, 5) is 0. The average Bonchev–Trinajstić information content (AvgIpc) is 2.57. The zero-order valence-electron chi connectivity index (χ0n) is 16.7. The smallest absolute Gasteiger partial charge is 0.120 e. The summed E-state index contributed by atoms with van der Waals surface area (Å²) in [7, 11) is -0.326. The Labute approximate surface area is 153 Å². The van der Waals surface area contributed by atoms with Crippen LogP contribution in [0.1, 0.15) is 78.6 Å². The van der Waals surface area contributed by atoms with Crippen molar-refractivity contribution in [3.63, 3.8) is 0 Å². The molecular formula is C19H43N4P. The summed E-state index contributed by atoms with van der Waals surface area (Å²) in [5.41, 5.74) is 6.00.